The van der Waals surface area contributed by atoms with Gasteiger partial charge in [-0.2, -0.15) is 0 Å². The topological polar surface area (TPSA) is 0 Å². The second-order valence-corrected chi connectivity index (χ2v) is 3.86. The highest BCUT2D eigenvalue weighted by molar-refractivity contribution is 5.19. The summed E-state index contributed by atoms with van der Waals surface area (Å²) in [6, 6.07) is 0. The predicted molar refractivity (Wildman–Crippen MR) is 50.5 cm³/mol. The lowest BCUT2D eigenvalue weighted by Gasteiger charge is -2.25. The molecule has 0 fully saturated rings. The van der Waals surface area contributed by atoms with Gasteiger partial charge < -0.3 is 0 Å². The highest BCUT2D eigenvalue weighted by Gasteiger charge is 2.17. The van der Waals surface area contributed by atoms with Gasteiger partial charge in [0.25, 0.3) is 0 Å². The van der Waals surface area contributed by atoms with Crippen LogP contribution in [0.2, 0.25) is 0 Å². The average Bonchev–Trinajstić information content (AvgIpc) is 1.85. The molecule has 62 valence electrons. The summed E-state index contributed by atoms with van der Waals surface area (Å²) in [4.78, 5) is 0. The van der Waals surface area contributed by atoms with Crippen LogP contribution in [0.4, 0.5) is 0 Å². The van der Waals surface area contributed by atoms with Crippen molar-refractivity contribution in [2.75, 3.05) is 0 Å². The zero-order valence-electron chi connectivity index (χ0n) is 7.85. The molecule has 0 heterocycles. The van der Waals surface area contributed by atoms with Gasteiger partial charge in [0, 0.05) is 0 Å². The molecule has 0 amide bonds. The van der Waals surface area contributed by atoms with E-state index in [0.717, 1.165) is 5.92 Å². The van der Waals surface area contributed by atoms with Crippen LogP contribution in [0.1, 0.15) is 33.6 Å². The van der Waals surface area contributed by atoms with Crippen molar-refractivity contribution in [3.63, 3.8) is 0 Å². The van der Waals surface area contributed by atoms with Gasteiger partial charge in [-0.05, 0) is 38.5 Å². The maximum absolute atomic E-state index is 4.01. The van der Waals surface area contributed by atoms with Crippen molar-refractivity contribution < 1.29 is 0 Å². The minimum Gasteiger partial charge on any atom is -0.0995 e. The fourth-order valence-corrected chi connectivity index (χ4v) is 1.94. The van der Waals surface area contributed by atoms with Crippen molar-refractivity contribution in [1.29, 1.82) is 0 Å². The van der Waals surface area contributed by atoms with Gasteiger partial charge in [-0.15, -0.1) is 0 Å². The quantitative estimate of drug-likeness (QED) is 0.501. The van der Waals surface area contributed by atoms with Crippen LogP contribution in [0.5, 0.6) is 0 Å². The predicted octanol–water partition coefficient (Wildman–Crippen LogP) is 3.55. The molecule has 0 aromatic carbocycles. The average molecular weight is 150 g/mol. The van der Waals surface area contributed by atoms with Gasteiger partial charge in [0.2, 0.25) is 0 Å². The van der Waals surface area contributed by atoms with Gasteiger partial charge >= 0.3 is 0 Å². The molecule has 0 saturated carbocycles. The van der Waals surface area contributed by atoms with E-state index >= 15 is 0 Å². The Bertz CT molecular complexity index is 186. The second-order valence-electron chi connectivity index (χ2n) is 3.86. The van der Waals surface area contributed by atoms with Crippen LogP contribution in [0.15, 0.2) is 23.8 Å². The first-order valence-corrected chi connectivity index (χ1v) is 4.45. The molecule has 0 N–H and O–H groups in total. The first kappa shape index (κ1) is 8.58. The van der Waals surface area contributed by atoms with Crippen LogP contribution in [0.25, 0.3) is 0 Å². The second kappa shape index (κ2) is 3.25. The molecule has 0 radical (unpaired) electrons. The SMILES string of the molecule is C=C(C)[C@H]1CC[C@H](C)C=C1C. The minimum absolute atomic E-state index is 0.672. The van der Waals surface area contributed by atoms with Crippen molar-refractivity contribution in [2.45, 2.75) is 33.6 Å². The monoisotopic (exact) mass is 150 g/mol. The number of rotatable bonds is 1. The van der Waals surface area contributed by atoms with E-state index in [9.17, 15) is 0 Å². The summed E-state index contributed by atoms with van der Waals surface area (Å²) in [5.41, 5.74) is 2.85. The fraction of sp³-hybridized carbons (Fsp3) is 0.636. The molecule has 0 aromatic heterocycles. The summed E-state index contributed by atoms with van der Waals surface area (Å²) in [7, 11) is 0. The van der Waals surface area contributed by atoms with Gasteiger partial charge in [-0.1, -0.05) is 30.7 Å². The molecule has 0 bridgehead atoms. The Kier molecular flexibility index (Phi) is 2.53. The number of hydrogen-bond donors (Lipinski definition) is 0. The van der Waals surface area contributed by atoms with Crippen molar-refractivity contribution in [1.82, 2.24) is 0 Å². The van der Waals surface area contributed by atoms with E-state index in [1.54, 1.807) is 0 Å². The van der Waals surface area contributed by atoms with E-state index in [1.165, 1.54) is 24.0 Å². The molecule has 0 heteroatoms. The van der Waals surface area contributed by atoms with E-state index in [-0.39, 0.29) is 0 Å². The summed E-state index contributed by atoms with van der Waals surface area (Å²) in [5.74, 6) is 1.46. The number of allylic oxidation sites excluding steroid dienone is 3. The molecule has 0 nitrogen and oxygen atoms in total. The van der Waals surface area contributed by atoms with E-state index in [2.05, 4.69) is 33.4 Å². The maximum Gasteiger partial charge on any atom is -0.0000994 e. The lowest BCUT2D eigenvalue weighted by Crippen LogP contribution is -2.11. The molecule has 2 atom stereocenters. The standard InChI is InChI=1S/C11H18/c1-8(2)11-6-5-9(3)7-10(11)4/h7,9,11H,1,5-6H2,2-4H3/t9-,11+/m0/s1. The molecule has 0 saturated heterocycles. The van der Waals surface area contributed by atoms with Gasteiger partial charge in [0.1, 0.15) is 0 Å². The Morgan fingerprint density at radius 3 is 2.64 bits per heavy atom. The van der Waals surface area contributed by atoms with Crippen molar-refractivity contribution in [3.05, 3.63) is 23.8 Å². The highest BCUT2D eigenvalue weighted by Crippen LogP contribution is 2.31. The summed E-state index contributed by atoms with van der Waals surface area (Å²) in [6.45, 7) is 10.7. The smallest absolute Gasteiger partial charge is 0.0000994 e. The van der Waals surface area contributed by atoms with E-state index in [1.807, 2.05) is 0 Å². The highest BCUT2D eigenvalue weighted by atomic mass is 14.2. The first-order valence-electron chi connectivity index (χ1n) is 4.45. The van der Waals surface area contributed by atoms with Gasteiger partial charge in [-0.25, -0.2) is 0 Å². The van der Waals surface area contributed by atoms with Crippen LogP contribution in [-0.2, 0) is 0 Å². The largest absolute Gasteiger partial charge is 0.0995 e. The summed E-state index contributed by atoms with van der Waals surface area (Å²) in [5, 5.41) is 0. The molecule has 0 aliphatic heterocycles. The van der Waals surface area contributed by atoms with Crippen molar-refractivity contribution in [2.24, 2.45) is 11.8 Å². The molecular weight excluding hydrogens is 132 g/mol. The third kappa shape index (κ3) is 1.95. The summed E-state index contributed by atoms with van der Waals surface area (Å²) >= 11 is 0. The van der Waals surface area contributed by atoms with E-state index < -0.39 is 0 Å². The van der Waals surface area contributed by atoms with Crippen LogP contribution in [0, 0.1) is 11.8 Å². The molecule has 0 aromatic rings. The molecule has 1 aliphatic carbocycles. The van der Waals surface area contributed by atoms with Gasteiger partial charge in [-0.3, -0.25) is 0 Å². The first-order chi connectivity index (χ1) is 5.11. The van der Waals surface area contributed by atoms with Crippen LogP contribution < -0.4 is 0 Å². The van der Waals surface area contributed by atoms with Crippen molar-refractivity contribution >= 4 is 0 Å². The Morgan fingerprint density at radius 1 is 1.55 bits per heavy atom. The molecule has 0 unspecified atom stereocenters. The maximum atomic E-state index is 4.01. The van der Waals surface area contributed by atoms with Crippen LogP contribution >= 0.6 is 0 Å². The third-order valence-electron chi connectivity index (χ3n) is 2.60. The Labute approximate surface area is 70.0 Å². The zero-order valence-corrected chi connectivity index (χ0v) is 7.85. The Morgan fingerprint density at radius 2 is 2.18 bits per heavy atom. The molecule has 1 rings (SSSR count). The minimum atomic E-state index is 0.672. The Balaban J connectivity index is 2.72. The lowest BCUT2D eigenvalue weighted by molar-refractivity contribution is 0.494. The fourth-order valence-electron chi connectivity index (χ4n) is 1.94. The van der Waals surface area contributed by atoms with Crippen LogP contribution in [0.3, 0.4) is 0 Å². The Hall–Kier alpha value is -0.520. The lowest BCUT2D eigenvalue weighted by atomic mass is 9.80. The normalized spacial score (nSPS) is 31.4. The summed E-state index contributed by atoms with van der Waals surface area (Å²) < 4.78 is 0. The van der Waals surface area contributed by atoms with Gasteiger partial charge in [0.15, 0.2) is 0 Å². The molecule has 0 spiro atoms. The zero-order chi connectivity index (χ0) is 8.43. The van der Waals surface area contributed by atoms with Crippen molar-refractivity contribution in [3.8, 4) is 0 Å². The van der Waals surface area contributed by atoms with Gasteiger partial charge in [0.05, 0.1) is 0 Å². The van der Waals surface area contributed by atoms with Crippen LogP contribution in [-0.4, -0.2) is 0 Å². The number of hydrogen-bond acceptors (Lipinski definition) is 0. The molecule has 1 aliphatic rings. The molecular formula is C11H18. The third-order valence-corrected chi connectivity index (χ3v) is 2.60. The van der Waals surface area contributed by atoms with E-state index in [4.69, 9.17) is 0 Å². The van der Waals surface area contributed by atoms with E-state index in [0.29, 0.717) is 5.92 Å². The summed E-state index contributed by atoms with van der Waals surface area (Å²) in [6.07, 6.45) is 5.02. The molecule has 11 heavy (non-hydrogen) atoms.